The van der Waals surface area contributed by atoms with Gasteiger partial charge < -0.3 is 9.47 Å². The van der Waals surface area contributed by atoms with Gasteiger partial charge in [-0.3, -0.25) is 10.2 Å². The van der Waals surface area contributed by atoms with Gasteiger partial charge in [0.2, 0.25) is 0 Å². The maximum atomic E-state index is 12.2. The highest BCUT2D eigenvalue weighted by atomic mass is 16.6. The largest absolute Gasteiger partial charge is 0.491 e. The molecule has 146 valence electrons. The normalized spacial score (nSPS) is 16.1. The van der Waals surface area contributed by atoms with Crippen molar-refractivity contribution in [1.29, 1.82) is 0 Å². The first-order valence-electron chi connectivity index (χ1n) is 10.1. The summed E-state index contributed by atoms with van der Waals surface area (Å²) in [6, 6.07) is 7.53. The smallest absolute Gasteiger partial charge is 0.412 e. The van der Waals surface area contributed by atoms with Crippen LogP contribution in [0.25, 0.3) is 0 Å². The van der Waals surface area contributed by atoms with Crippen LogP contribution in [0.5, 0.6) is 5.75 Å². The van der Waals surface area contributed by atoms with Gasteiger partial charge in [-0.1, -0.05) is 44.7 Å². The number of unbranched alkanes of at least 4 members (excludes halogenated alkanes) is 3. The number of anilines is 1. The molecule has 1 atom stereocenters. The lowest BCUT2D eigenvalue weighted by Gasteiger charge is -2.28. The van der Waals surface area contributed by atoms with Crippen molar-refractivity contribution in [2.24, 2.45) is 0 Å². The van der Waals surface area contributed by atoms with Gasteiger partial charge in [-0.2, -0.15) is 0 Å². The highest BCUT2D eigenvalue weighted by molar-refractivity contribution is 5.86. The summed E-state index contributed by atoms with van der Waals surface area (Å²) in [5.41, 5.74) is 0.665. The molecule has 1 amide bonds. The molecule has 26 heavy (non-hydrogen) atoms. The molecule has 1 unspecified atom stereocenters. The summed E-state index contributed by atoms with van der Waals surface area (Å²) in [4.78, 5) is 14.6. The molecule has 1 aromatic carbocycles. The lowest BCUT2D eigenvalue weighted by Crippen LogP contribution is -2.37. The number of carbonyl (C=O) groups excluding carboxylic acids is 1. The fraction of sp³-hybridized carbons (Fsp3) is 0.667. The molecule has 0 aromatic heterocycles. The number of likely N-dealkylation sites (tertiary alicyclic amines) is 1. The van der Waals surface area contributed by atoms with Crippen molar-refractivity contribution in [3.8, 4) is 5.75 Å². The summed E-state index contributed by atoms with van der Waals surface area (Å²) in [6.07, 6.45) is 7.86. The molecular formula is C21H34N2O3. The van der Waals surface area contributed by atoms with Crippen LogP contribution < -0.4 is 10.1 Å². The van der Waals surface area contributed by atoms with Crippen LogP contribution in [0.1, 0.15) is 58.8 Å². The topological polar surface area (TPSA) is 50.8 Å². The SMILES string of the molecule is CCCCCCOc1ccccc1NC(=O)OC(C)CN1CCCCC1. The highest BCUT2D eigenvalue weighted by Gasteiger charge is 2.17. The van der Waals surface area contributed by atoms with Crippen LogP contribution in [0.2, 0.25) is 0 Å². The summed E-state index contributed by atoms with van der Waals surface area (Å²) in [5.74, 6) is 0.699. The Morgan fingerprint density at radius 1 is 1.15 bits per heavy atom. The summed E-state index contributed by atoms with van der Waals surface area (Å²) < 4.78 is 11.4. The van der Waals surface area contributed by atoms with Gasteiger partial charge in [0.05, 0.1) is 12.3 Å². The fourth-order valence-corrected chi connectivity index (χ4v) is 3.27. The van der Waals surface area contributed by atoms with Crippen LogP contribution >= 0.6 is 0 Å². The number of rotatable bonds is 10. The van der Waals surface area contributed by atoms with Crippen molar-refractivity contribution < 1.29 is 14.3 Å². The lowest BCUT2D eigenvalue weighted by atomic mass is 10.1. The molecule has 0 radical (unpaired) electrons. The number of carbonyl (C=O) groups is 1. The van der Waals surface area contributed by atoms with E-state index in [0.717, 1.165) is 26.1 Å². The number of ether oxygens (including phenoxy) is 2. The Morgan fingerprint density at radius 2 is 1.92 bits per heavy atom. The minimum atomic E-state index is -0.420. The first-order chi connectivity index (χ1) is 12.7. The molecular weight excluding hydrogens is 328 g/mol. The van der Waals surface area contributed by atoms with E-state index in [1.807, 2.05) is 31.2 Å². The van der Waals surface area contributed by atoms with Gasteiger partial charge >= 0.3 is 6.09 Å². The van der Waals surface area contributed by atoms with Gasteiger partial charge in [-0.25, -0.2) is 4.79 Å². The Kier molecular flexibility index (Phi) is 9.32. The number of amides is 1. The average Bonchev–Trinajstić information content (AvgIpc) is 2.63. The van der Waals surface area contributed by atoms with Gasteiger partial charge in [0, 0.05) is 6.54 Å². The molecule has 1 N–H and O–H groups in total. The van der Waals surface area contributed by atoms with E-state index in [4.69, 9.17) is 9.47 Å². The Morgan fingerprint density at radius 3 is 2.69 bits per heavy atom. The minimum Gasteiger partial charge on any atom is -0.491 e. The van der Waals surface area contributed by atoms with E-state index in [9.17, 15) is 4.79 Å². The molecule has 1 fully saturated rings. The molecule has 5 nitrogen and oxygen atoms in total. The number of piperidine rings is 1. The summed E-state index contributed by atoms with van der Waals surface area (Å²) in [5, 5.41) is 2.83. The Balaban J connectivity index is 1.76. The molecule has 1 saturated heterocycles. The van der Waals surface area contributed by atoms with E-state index >= 15 is 0 Å². The number of hydrogen-bond donors (Lipinski definition) is 1. The zero-order chi connectivity index (χ0) is 18.6. The average molecular weight is 363 g/mol. The third kappa shape index (κ3) is 7.65. The van der Waals surface area contributed by atoms with Crippen LogP contribution in [0.4, 0.5) is 10.5 Å². The quantitative estimate of drug-likeness (QED) is 0.591. The predicted molar refractivity (Wildman–Crippen MR) is 106 cm³/mol. The fourth-order valence-electron chi connectivity index (χ4n) is 3.27. The third-order valence-electron chi connectivity index (χ3n) is 4.65. The predicted octanol–water partition coefficient (Wildman–Crippen LogP) is 5.07. The van der Waals surface area contributed by atoms with Gasteiger partial charge in [0.1, 0.15) is 11.9 Å². The summed E-state index contributed by atoms with van der Waals surface area (Å²) >= 11 is 0. The molecule has 1 heterocycles. The van der Waals surface area contributed by atoms with Gasteiger partial charge in [-0.05, 0) is 51.4 Å². The van der Waals surface area contributed by atoms with E-state index in [1.165, 1.54) is 38.5 Å². The number of hydrogen-bond acceptors (Lipinski definition) is 4. The van der Waals surface area contributed by atoms with Crippen molar-refractivity contribution >= 4 is 11.8 Å². The first kappa shape index (κ1) is 20.6. The van der Waals surface area contributed by atoms with Crippen LogP contribution in [-0.2, 0) is 4.74 Å². The van der Waals surface area contributed by atoms with Crippen LogP contribution in [0, 0.1) is 0 Å². The number of benzene rings is 1. The number of nitrogens with one attached hydrogen (secondary N) is 1. The van der Waals surface area contributed by atoms with Crippen molar-refractivity contribution in [2.45, 2.75) is 64.9 Å². The second kappa shape index (κ2) is 11.8. The lowest BCUT2D eigenvalue weighted by molar-refractivity contribution is 0.0832. The maximum Gasteiger partial charge on any atom is 0.412 e. The standard InChI is InChI=1S/C21H34N2O3/c1-3-4-5-11-16-25-20-13-8-7-12-19(20)22-21(24)26-18(2)17-23-14-9-6-10-15-23/h7-8,12-13,18H,3-6,9-11,14-17H2,1-2H3,(H,22,24). The molecule has 2 rings (SSSR count). The molecule has 1 aliphatic heterocycles. The Hall–Kier alpha value is -1.75. The van der Waals surface area contributed by atoms with Crippen molar-refractivity contribution in [1.82, 2.24) is 4.90 Å². The molecule has 0 saturated carbocycles. The first-order valence-corrected chi connectivity index (χ1v) is 10.1. The van der Waals surface area contributed by atoms with Gasteiger partial charge in [0.25, 0.3) is 0 Å². The number of para-hydroxylation sites is 2. The van der Waals surface area contributed by atoms with Crippen molar-refractivity contribution in [2.75, 3.05) is 31.6 Å². The van der Waals surface area contributed by atoms with Crippen LogP contribution in [0.3, 0.4) is 0 Å². The molecule has 5 heteroatoms. The monoisotopic (exact) mass is 362 g/mol. The van der Waals surface area contributed by atoms with E-state index in [1.54, 1.807) is 0 Å². The van der Waals surface area contributed by atoms with Crippen molar-refractivity contribution in [3.05, 3.63) is 24.3 Å². The van der Waals surface area contributed by atoms with Crippen molar-refractivity contribution in [3.63, 3.8) is 0 Å². The number of nitrogens with zero attached hydrogens (tertiary/aromatic N) is 1. The Bertz CT molecular complexity index is 530. The van der Waals surface area contributed by atoms with Crippen LogP contribution in [0.15, 0.2) is 24.3 Å². The second-order valence-corrected chi connectivity index (χ2v) is 7.11. The maximum absolute atomic E-state index is 12.2. The third-order valence-corrected chi connectivity index (χ3v) is 4.65. The molecule has 0 bridgehead atoms. The zero-order valence-corrected chi connectivity index (χ0v) is 16.3. The van der Waals surface area contributed by atoms with Crippen LogP contribution in [-0.4, -0.2) is 43.3 Å². The van der Waals surface area contributed by atoms with Gasteiger partial charge in [0.15, 0.2) is 0 Å². The second-order valence-electron chi connectivity index (χ2n) is 7.11. The molecule has 1 aliphatic rings. The van der Waals surface area contributed by atoms with Gasteiger partial charge in [-0.15, -0.1) is 0 Å². The highest BCUT2D eigenvalue weighted by Crippen LogP contribution is 2.24. The van der Waals surface area contributed by atoms with E-state index in [2.05, 4.69) is 17.1 Å². The summed E-state index contributed by atoms with van der Waals surface area (Å²) in [7, 11) is 0. The van der Waals surface area contributed by atoms with E-state index in [0.29, 0.717) is 18.0 Å². The Labute approximate surface area is 158 Å². The molecule has 0 aliphatic carbocycles. The zero-order valence-electron chi connectivity index (χ0n) is 16.3. The van der Waals surface area contributed by atoms with E-state index in [-0.39, 0.29) is 6.10 Å². The molecule has 0 spiro atoms. The molecule has 1 aromatic rings. The minimum absolute atomic E-state index is 0.129. The van der Waals surface area contributed by atoms with E-state index < -0.39 is 6.09 Å². The summed E-state index contributed by atoms with van der Waals surface area (Å²) in [6.45, 7) is 7.80.